The molecule has 0 unspecified atom stereocenters. The maximum absolute atomic E-state index is 13.6. The molecule has 0 fully saturated rings. The van der Waals surface area contributed by atoms with E-state index >= 15 is 0 Å². The molecule has 0 heterocycles. The molecule has 0 saturated carbocycles. The first-order chi connectivity index (χ1) is 9.06. The summed E-state index contributed by atoms with van der Waals surface area (Å²) in [7, 11) is 0. The third kappa shape index (κ3) is 3.55. The summed E-state index contributed by atoms with van der Waals surface area (Å²) in [5, 5.41) is 9.32. The topological polar surface area (TPSA) is 37.3 Å². The first-order valence-corrected chi connectivity index (χ1v) is 6.16. The quantitative estimate of drug-likeness (QED) is 0.929. The predicted octanol–water partition coefficient (Wildman–Crippen LogP) is 3.54. The molecule has 0 aliphatic heterocycles. The molecule has 0 aliphatic carbocycles. The number of phenolic OH excluding ortho intramolecular Hbond substituents is 1. The fourth-order valence-electron chi connectivity index (χ4n) is 1.85. The van der Waals surface area contributed by atoms with Crippen LogP contribution in [0.2, 0.25) is 5.02 Å². The number of phenols is 1. The van der Waals surface area contributed by atoms with Crippen LogP contribution >= 0.6 is 11.6 Å². The molecule has 0 bridgehead atoms. The van der Waals surface area contributed by atoms with Gasteiger partial charge in [0.05, 0.1) is 5.02 Å². The Morgan fingerprint density at radius 3 is 2.63 bits per heavy atom. The number of hydrogen-bond acceptors (Lipinski definition) is 2. The van der Waals surface area contributed by atoms with Crippen LogP contribution in [0.25, 0.3) is 0 Å². The van der Waals surface area contributed by atoms with Gasteiger partial charge in [-0.2, -0.15) is 0 Å². The van der Waals surface area contributed by atoms with Gasteiger partial charge in [-0.25, -0.2) is 4.39 Å². The minimum Gasteiger partial charge on any atom is -0.508 e. The summed E-state index contributed by atoms with van der Waals surface area (Å²) in [6, 6.07) is 11.1. The molecule has 2 rings (SSSR count). The second kappa shape index (κ2) is 5.85. The van der Waals surface area contributed by atoms with Crippen molar-refractivity contribution in [1.82, 2.24) is 0 Å². The van der Waals surface area contributed by atoms with E-state index < -0.39 is 5.82 Å². The lowest BCUT2D eigenvalue weighted by molar-refractivity contribution is -0.117. The van der Waals surface area contributed by atoms with E-state index in [0.717, 1.165) is 0 Å². The Kier molecular flexibility index (Phi) is 4.17. The average molecular weight is 279 g/mol. The number of carbonyl (C=O) groups excluding carboxylic acids is 1. The Hall–Kier alpha value is -1.87. The number of ketones is 1. The van der Waals surface area contributed by atoms with Crippen molar-refractivity contribution in [2.45, 2.75) is 12.8 Å². The Balaban J connectivity index is 2.08. The zero-order valence-corrected chi connectivity index (χ0v) is 10.8. The van der Waals surface area contributed by atoms with Crippen LogP contribution in [0.15, 0.2) is 42.5 Å². The molecule has 2 aromatic carbocycles. The minimum atomic E-state index is -0.548. The second-order valence-electron chi connectivity index (χ2n) is 4.28. The average Bonchev–Trinajstić information content (AvgIpc) is 2.35. The molecule has 0 atom stereocenters. The van der Waals surface area contributed by atoms with Crippen molar-refractivity contribution in [1.29, 1.82) is 0 Å². The van der Waals surface area contributed by atoms with Crippen molar-refractivity contribution in [3.05, 3.63) is 64.4 Å². The summed E-state index contributed by atoms with van der Waals surface area (Å²) in [6.45, 7) is 0. The van der Waals surface area contributed by atoms with Crippen molar-refractivity contribution >= 4 is 17.4 Å². The number of halogens is 2. The van der Waals surface area contributed by atoms with Gasteiger partial charge in [0.15, 0.2) is 0 Å². The lowest BCUT2D eigenvalue weighted by Crippen LogP contribution is -2.08. The van der Waals surface area contributed by atoms with E-state index in [0.29, 0.717) is 5.56 Å². The maximum Gasteiger partial charge on any atom is 0.145 e. The first-order valence-electron chi connectivity index (χ1n) is 5.79. The molecule has 0 aromatic heterocycles. The zero-order valence-electron chi connectivity index (χ0n) is 10.1. The number of rotatable bonds is 4. The van der Waals surface area contributed by atoms with Gasteiger partial charge < -0.3 is 5.11 Å². The van der Waals surface area contributed by atoms with Crippen LogP contribution in [-0.4, -0.2) is 10.9 Å². The summed E-state index contributed by atoms with van der Waals surface area (Å²) in [5.41, 5.74) is 0.991. The van der Waals surface area contributed by atoms with Crippen LogP contribution in [0.3, 0.4) is 0 Å². The lowest BCUT2D eigenvalue weighted by Gasteiger charge is -2.05. The highest BCUT2D eigenvalue weighted by Crippen LogP contribution is 2.19. The van der Waals surface area contributed by atoms with E-state index in [4.69, 9.17) is 11.6 Å². The van der Waals surface area contributed by atoms with Gasteiger partial charge in [0, 0.05) is 12.8 Å². The molecular formula is C15H12ClFO2. The number of carbonyl (C=O) groups is 1. The van der Waals surface area contributed by atoms with Crippen molar-refractivity contribution in [2.75, 3.05) is 0 Å². The summed E-state index contributed by atoms with van der Waals surface area (Å²) in [5.74, 6) is -0.570. The second-order valence-corrected chi connectivity index (χ2v) is 4.68. The highest BCUT2D eigenvalue weighted by molar-refractivity contribution is 6.30. The van der Waals surface area contributed by atoms with Crippen molar-refractivity contribution in [2.24, 2.45) is 0 Å². The van der Waals surface area contributed by atoms with Gasteiger partial charge in [0.25, 0.3) is 0 Å². The highest BCUT2D eigenvalue weighted by atomic mass is 35.5. The summed E-state index contributed by atoms with van der Waals surface area (Å²) < 4.78 is 13.6. The number of hydrogen-bond donors (Lipinski definition) is 1. The third-order valence-electron chi connectivity index (χ3n) is 2.73. The van der Waals surface area contributed by atoms with E-state index in [-0.39, 0.29) is 35.0 Å². The van der Waals surface area contributed by atoms with Gasteiger partial charge in [-0.05, 0) is 29.3 Å². The monoisotopic (exact) mass is 278 g/mol. The van der Waals surface area contributed by atoms with Crippen LogP contribution in [0.4, 0.5) is 4.39 Å². The van der Waals surface area contributed by atoms with Crippen LogP contribution in [0.5, 0.6) is 5.75 Å². The number of aromatic hydroxyl groups is 1. The minimum absolute atomic E-state index is 0.0119. The van der Waals surface area contributed by atoms with Crippen molar-refractivity contribution in [3.8, 4) is 5.75 Å². The smallest absolute Gasteiger partial charge is 0.145 e. The normalized spacial score (nSPS) is 10.4. The standard InChI is InChI=1S/C15H12ClFO2/c16-14-6-2-4-11(15(14)17)9-13(19)8-10-3-1-5-12(18)7-10/h1-7,18H,8-9H2. The molecule has 0 saturated heterocycles. The molecule has 0 aliphatic rings. The molecule has 0 spiro atoms. The van der Waals surface area contributed by atoms with E-state index in [1.807, 2.05) is 0 Å². The number of Topliss-reactive ketones (excluding diaryl/α,β-unsaturated/α-hetero) is 1. The molecule has 2 aromatic rings. The van der Waals surface area contributed by atoms with Gasteiger partial charge in [-0.1, -0.05) is 35.9 Å². The van der Waals surface area contributed by atoms with E-state index in [2.05, 4.69) is 0 Å². The van der Waals surface area contributed by atoms with Gasteiger partial charge >= 0.3 is 0 Å². The molecular weight excluding hydrogens is 267 g/mol. The fraction of sp³-hybridized carbons (Fsp3) is 0.133. The maximum atomic E-state index is 13.6. The van der Waals surface area contributed by atoms with Crippen molar-refractivity contribution in [3.63, 3.8) is 0 Å². The molecule has 98 valence electrons. The van der Waals surface area contributed by atoms with Gasteiger partial charge in [0.2, 0.25) is 0 Å². The van der Waals surface area contributed by atoms with Crippen LogP contribution in [0, 0.1) is 5.82 Å². The first kappa shape index (κ1) is 13.6. The third-order valence-corrected chi connectivity index (χ3v) is 3.02. The van der Waals surface area contributed by atoms with E-state index in [1.54, 1.807) is 24.3 Å². The molecule has 2 nitrogen and oxygen atoms in total. The highest BCUT2D eigenvalue weighted by Gasteiger charge is 2.11. The molecule has 0 amide bonds. The molecule has 1 N–H and O–H groups in total. The van der Waals surface area contributed by atoms with Gasteiger partial charge in [-0.15, -0.1) is 0 Å². The Labute approximate surface area is 115 Å². The summed E-state index contributed by atoms with van der Waals surface area (Å²) in [4.78, 5) is 11.9. The molecule has 4 heteroatoms. The van der Waals surface area contributed by atoms with Crippen LogP contribution < -0.4 is 0 Å². The molecule has 0 radical (unpaired) electrons. The van der Waals surface area contributed by atoms with Gasteiger partial charge in [0.1, 0.15) is 17.3 Å². The van der Waals surface area contributed by atoms with E-state index in [1.165, 1.54) is 18.2 Å². The predicted molar refractivity (Wildman–Crippen MR) is 71.9 cm³/mol. The molecule has 19 heavy (non-hydrogen) atoms. The van der Waals surface area contributed by atoms with Crippen LogP contribution in [-0.2, 0) is 17.6 Å². The lowest BCUT2D eigenvalue weighted by atomic mass is 10.0. The Bertz CT molecular complexity index is 611. The largest absolute Gasteiger partial charge is 0.508 e. The van der Waals surface area contributed by atoms with Gasteiger partial charge in [-0.3, -0.25) is 4.79 Å². The number of benzene rings is 2. The Morgan fingerprint density at radius 1 is 1.16 bits per heavy atom. The fourth-order valence-corrected chi connectivity index (χ4v) is 2.05. The SMILES string of the molecule is O=C(Cc1cccc(O)c1)Cc1cccc(Cl)c1F. The zero-order chi connectivity index (χ0) is 13.8. The summed E-state index contributed by atoms with van der Waals surface area (Å²) >= 11 is 5.66. The van der Waals surface area contributed by atoms with E-state index in [9.17, 15) is 14.3 Å². The summed E-state index contributed by atoms with van der Waals surface area (Å²) in [6.07, 6.45) is 0.141. The van der Waals surface area contributed by atoms with Crippen LogP contribution in [0.1, 0.15) is 11.1 Å². The Morgan fingerprint density at radius 2 is 1.89 bits per heavy atom. The van der Waals surface area contributed by atoms with Crippen molar-refractivity contribution < 1.29 is 14.3 Å².